The summed E-state index contributed by atoms with van der Waals surface area (Å²) in [5.41, 5.74) is 0. The fourth-order valence-electron chi connectivity index (χ4n) is 2.12. The highest BCUT2D eigenvalue weighted by Crippen LogP contribution is 2.11. The fraction of sp³-hybridized carbons (Fsp3) is 0.944. The van der Waals surface area contributed by atoms with Gasteiger partial charge in [-0.05, 0) is 25.7 Å². The predicted molar refractivity (Wildman–Crippen MR) is 90.6 cm³/mol. The molecule has 0 bridgehead atoms. The van der Waals surface area contributed by atoms with Crippen LogP contribution in [0.25, 0.3) is 0 Å². The zero-order valence-corrected chi connectivity index (χ0v) is 15.0. The number of nitrogens with zero attached hydrogens (tertiary/aromatic N) is 1. The Morgan fingerprint density at radius 3 is 1.71 bits per heavy atom. The molecule has 0 aromatic carbocycles. The number of rotatable bonds is 12. The number of unbranched alkanes of at least 4 members (excludes halogenated alkanes) is 6. The van der Waals surface area contributed by atoms with Crippen LogP contribution in [-0.4, -0.2) is 30.2 Å². The highest BCUT2D eigenvalue weighted by molar-refractivity contribution is 5.67. The molecule has 126 valence electrons. The number of amides is 1. The molecular formula is C18H37NO2. The van der Waals surface area contributed by atoms with E-state index in [1.54, 1.807) is 0 Å². The summed E-state index contributed by atoms with van der Waals surface area (Å²) in [4.78, 5) is 14.2. The Hall–Kier alpha value is -0.730. The van der Waals surface area contributed by atoms with Gasteiger partial charge < -0.3 is 9.64 Å². The maximum absolute atomic E-state index is 12.3. The third-order valence-electron chi connectivity index (χ3n) is 4.05. The molecule has 3 heteroatoms. The van der Waals surface area contributed by atoms with Gasteiger partial charge in [0.25, 0.3) is 0 Å². The number of carbonyl (C=O) groups excluding carboxylic acids is 1. The summed E-state index contributed by atoms with van der Waals surface area (Å²) in [6.07, 6.45) is 9.41. The van der Waals surface area contributed by atoms with E-state index in [4.69, 9.17) is 4.74 Å². The van der Waals surface area contributed by atoms with Crippen LogP contribution in [0.15, 0.2) is 0 Å². The topological polar surface area (TPSA) is 29.5 Å². The number of hydrogen-bond acceptors (Lipinski definition) is 2. The summed E-state index contributed by atoms with van der Waals surface area (Å²) in [5.74, 6) is 0.371. The third kappa shape index (κ3) is 10.6. The van der Waals surface area contributed by atoms with Gasteiger partial charge in [-0.3, -0.25) is 0 Å². The largest absolute Gasteiger partial charge is 0.446 e. The van der Waals surface area contributed by atoms with Crippen LogP contribution in [0.5, 0.6) is 0 Å². The Bertz CT molecular complexity index is 242. The minimum atomic E-state index is -0.121. The number of hydrogen-bond donors (Lipinski definition) is 0. The highest BCUT2D eigenvalue weighted by Gasteiger charge is 2.18. The Balaban J connectivity index is 4.23. The average Bonchev–Trinajstić information content (AvgIpc) is 2.45. The highest BCUT2D eigenvalue weighted by atomic mass is 16.6. The lowest BCUT2D eigenvalue weighted by molar-refractivity contribution is 0.0499. The molecule has 21 heavy (non-hydrogen) atoms. The minimum Gasteiger partial charge on any atom is -0.446 e. The van der Waals surface area contributed by atoms with E-state index < -0.39 is 0 Å². The van der Waals surface area contributed by atoms with Gasteiger partial charge in [0, 0.05) is 13.1 Å². The Morgan fingerprint density at radius 2 is 1.33 bits per heavy atom. The van der Waals surface area contributed by atoms with E-state index in [1.807, 2.05) is 11.8 Å². The van der Waals surface area contributed by atoms with Crippen molar-refractivity contribution in [1.29, 1.82) is 0 Å². The van der Waals surface area contributed by atoms with Gasteiger partial charge in [-0.1, -0.05) is 66.2 Å². The van der Waals surface area contributed by atoms with Gasteiger partial charge in [-0.2, -0.15) is 0 Å². The molecule has 0 heterocycles. The summed E-state index contributed by atoms with van der Waals surface area (Å²) in [6, 6.07) is 0. The molecule has 0 radical (unpaired) electrons. The first-order valence-corrected chi connectivity index (χ1v) is 8.98. The van der Waals surface area contributed by atoms with Crippen molar-refractivity contribution in [3.05, 3.63) is 0 Å². The van der Waals surface area contributed by atoms with Crippen molar-refractivity contribution in [3.63, 3.8) is 0 Å². The molecule has 0 aliphatic rings. The maximum atomic E-state index is 12.3. The van der Waals surface area contributed by atoms with Gasteiger partial charge in [-0.25, -0.2) is 4.79 Å². The second kappa shape index (κ2) is 13.0. The molecule has 1 amide bonds. The van der Waals surface area contributed by atoms with Crippen molar-refractivity contribution >= 4 is 6.09 Å². The summed E-state index contributed by atoms with van der Waals surface area (Å²) in [7, 11) is 0. The van der Waals surface area contributed by atoms with Gasteiger partial charge >= 0.3 is 6.09 Å². The fourth-order valence-corrected chi connectivity index (χ4v) is 2.12. The van der Waals surface area contributed by atoms with Crippen molar-refractivity contribution in [2.75, 3.05) is 13.1 Å². The second-order valence-corrected chi connectivity index (χ2v) is 6.44. The van der Waals surface area contributed by atoms with E-state index in [-0.39, 0.29) is 12.2 Å². The van der Waals surface area contributed by atoms with Crippen LogP contribution in [0.2, 0.25) is 0 Å². The number of ether oxygens (including phenoxy) is 1. The van der Waals surface area contributed by atoms with Crippen molar-refractivity contribution in [2.45, 2.75) is 92.1 Å². The molecule has 0 spiro atoms. The molecule has 0 fully saturated rings. The minimum absolute atomic E-state index is 0.00807. The van der Waals surface area contributed by atoms with Crippen molar-refractivity contribution in [2.24, 2.45) is 5.92 Å². The van der Waals surface area contributed by atoms with Crippen LogP contribution in [-0.2, 0) is 4.74 Å². The van der Waals surface area contributed by atoms with Gasteiger partial charge in [0.1, 0.15) is 6.10 Å². The molecule has 0 aromatic rings. The van der Waals surface area contributed by atoms with Crippen LogP contribution in [0.1, 0.15) is 86.0 Å². The first-order chi connectivity index (χ1) is 10.0. The van der Waals surface area contributed by atoms with Gasteiger partial charge in [0.05, 0.1) is 0 Å². The van der Waals surface area contributed by atoms with Gasteiger partial charge in [0.15, 0.2) is 0 Å². The molecule has 0 N–H and O–H groups in total. The maximum Gasteiger partial charge on any atom is 0.410 e. The van der Waals surface area contributed by atoms with Crippen molar-refractivity contribution in [3.8, 4) is 0 Å². The van der Waals surface area contributed by atoms with E-state index in [9.17, 15) is 4.79 Å². The lowest BCUT2D eigenvalue weighted by Gasteiger charge is -2.25. The second-order valence-electron chi connectivity index (χ2n) is 6.44. The zero-order chi connectivity index (χ0) is 16.1. The lowest BCUT2D eigenvalue weighted by atomic mass is 10.1. The first-order valence-electron chi connectivity index (χ1n) is 8.98. The summed E-state index contributed by atoms with van der Waals surface area (Å²) >= 11 is 0. The third-order valence-corrected chi connectivity index (χ3v) is 4.05. The predicted octanol–water partition coefficient (Wildman–Crippen LogP) is 5.63. The summed E-state index contributed by atoms with van der Waals surface area (Å²) in [5, 5.41) is 0. The normalized spacial score (nSPS) is 12.5. The lowest BCUT2D eigenvalue weighted by Crippen LogP contribution is -2.36. The van der Waals surface area contributed by atoms with Crippen LogP contribution >= 0.6 is 0 Å². The molecule has 0 rings (SSSR count). The molecule has 1 unspecified atom stereocenters. The van der Waals surface area contributed by atoms with Crippen LogP contribution in [0.4, 0.5) is 4.79 Å². The van der Waals surface area contributed by atoms with E-state index >= 15 is 0 Å². The zero-order valence-electron chi connectivity index (χ0n) is 15.0. The standard InChI is InChI=1S/C18H37NO2/c1-6-8-10-12-14-19(15-13-11-9-7-2)18(20)21-17(5)16(3)4/h16-17H,6-15H2,1-5H3. The van der Waals surface area contributed by atoms with E-state index in [1.165, 1.54) is 38.5 Å². The van der Waals surface area contributed by atoms with Gasteiger partial charge in [0.2, 0.25) is 0 Å². The Labute approximate surface area is 132 Å². The molecular weight excluding hydrogens is 262 g/mol. The SMILES string of the molecule is CCCCCCN(CCCCCC)C(=O)OC(C)C(C)C. The van der Waals surface area contributed by atoms with E-state index in [0.29, 0.717) is 5.92 Å². The molecule has 1 atom stereocenters. The quantitative estimate of drug-likeness (QED) is 0.437. The van der Waals surface area contributed by atoms with Gasteiger partial charge in [-0.15, -0.1) is 0 Å². The van der Waals surface area contributed by atoms with E-state index in [2.05, 4.69) is 27.7 Å². The molecule has 0 aliphatic carbocycles. The Morgan fingerprint density at radius 1 is 0.857 bits per heavy atom. The smallest absolute Gasteiger partial charge is 0.410 e. The van der Waals surface area contributed by atoms with E-state index in [0.717, 1.165) is 25.9 Å². The molecule has 0 saturated carbocycles. The molecule has 0 aromatic heterocycles. The van der Waals surface area contributed by atoms with Crippen LogP contribution < -0.4 is 0 Å². The average molecular weight is 299 g/mol. The monoisotopic (exact) mass is 299 g/mol. The molecule has 0 aliphatic heterocycles. The van der Waals surface area contributed by atoms with Crippen molar-refractivity contribution in [1.82, 2.24) is 4.90 Å². The summed E-state index contributed by atoms with van der Waals surface area (Å²) in [6.45, 7) is 12.3. The molecule has 3 nitrogen and oxygen atoms in total. The van der Waals surface area contributed by atoms with Crippen molar-refractivity contribution < 1.29 is 9.53 Å². The number of carbonyl (C=O) groups is 1. The van der Waals surface area contributed by atoms with Crippen LogP contribution in [0.3, 0.4) is 0 Å². The molecule has 0 saturated heterocycles. The van der Waals surface area contributed by atoms with Crippen LogP contribution in [0, 0.1) is 5.92 Å². The first kappa shape index (κ1) is 20.3. The summed E-state index contributed by atoms with van der Waals surface area (Å²) < 4.78 is 5.57. The Kier molecular flexibility index (Phi) is 12.5.